The highest BCUT2D eigenvalue weighted by Crippen LogP contribution is 2.34. The normalized spacial score (nSPS) is 10.4. The maximum Gasteiger partial charge on any atom is 0.341 e. The van der Waals surface area contributed by atoms with Gasteiger partial charge in [-0.15, -0.1) is 22.7 Å². The lowest BCUT2D eigenvalue weighted by atomic mass is 10.1. The molecule has 2 aromatic heterocycles. The van der Waals surface area contributed by atoms with Gasteiger partial charge in [-0.25, -0.2) is 9.59 Å². The molecule has 8 nitrogen and oxygen atoms in total. The van der Waals surface area contributed by atoms with Crippen molar-refractivity contribution in [2.24, 2.45) is 0 Å². The molecule has 0 aliphatic carbocycles. The predicted molar refractivity (Wildman–Crippen MR) is 132 cm³/mol. The Kier molecular flexibility index (Phi) is 8.55. The van der Waals surface area contributed by atoms with Crippen LogP contribution in [-0.4, -0.2) is 37.0 Å². The average Bonchev–Trinajstić information content (AvgIpc) is 3.42. The fourth-order valence-corrected chi connectivity index (χ4v) is 4.91. The van der Waals surface area contributed by atoms with Crippen LogP contribution in [0.25, 0.3) is 0 Å². The number of hydrogen-bond donors (Lipinski definition) is 2. The minimum absolute atomic E-state index is 0.158. The number of rotatable bonds is 9. The van der Waals surface area contributed by atoms with Crippen molar-refractivity contribution in [1.29, 1.82) is 0 Å². The summed E-state index contributed by atoms with van der Waals surface area (Å²) in [5, 5.41) is 7.65. The largest absolute Gasteiger partial charge is 0.462 e. The van der Waals surface area contributed by atoms with Gasteiger partial charge in [-0.1, -0.05) is 6.07 Å². The number of esters is 2. The van der Waals surface area contributed by atoms with Crippen molar-refractivity contribution in [2.45, 2.75) is 27.2 Å². The molecule has 0 fully saturated rings. The van der Waals surface area contributed by atoms with Gasteiger partial charge in [0.25, 0.3) is 5.91 Å². The smallest absolute Gasteiger partial charge is 0.341 e. The molecule has 0 saturated carbocycles. The molecule has 3 rings (SSSR count). The van der Waals surface area contributed by atoms with Crippen molar-refractivity contribution in [3.05, 3.63) is 68.2 Å². The van der Waals surface area contributed by atoms with Crippen LogP contribution in [0.5, 0.6) is 0 Å². The highest BCUT2D eigenvalue weighted by atomic mass is 32.1. The number of ether oxygens (including phenoxy) is 2. The second-order valence-electron chi connectivity index (χ2n) is 7.04. The van der Waals surface area contributed by atoms with E-state index in [2.05, 4.69) is 10.6 Å². The fourth-order valence-electron chi connectivity index (χ4n) is 3.10. The van der Waals surface area contributed by atoms with E-state index >= 15 is 0 Å². The van der Waals surface area contributed by atoms with E-state index in [-0.39, 0.29) is 41.0 Å². The van der Waals surface area contributed by atoms with Gasteiger partial charge in [0, 0.05) is 10.6 Å². The van der Waals surface area contributed by atoms with E-state index in [1.165, 1.54) is 11.3 Å². The Morgan fingerprint density at radius 2 is 1.59 bits per heavy atom. The van der Waals surface area contributed by atoms with Gasteiger partial charge in [0.1, 0.15) is 5.00 Å². The molecule has 3 aromatic rings. The molecule has 0 aliphatic rings. The number of benzene rings is 1. The van der Waals surface area contributed by atoms with Crippen LogP contribution >= 0.6 is 22.7 Å². The molecule has 0 saturated heterocycles. The number of thiophene rings is 2. The molecule has 0 unspecified atom stereocenters. The lowest BCUT2D eigenvalue weighted by Crippen LogP contribution is -2.16. The summed E-state index contributed by atoms with van der Waals surface area (Å²) in [4.78, 5) is 51.1. The highest BCUT2D eigenvalue weighted by Gasteiger charge is 2.27. The molecule has 34 heavy (non-hydrogen) atoms. The summed E-state index contributed by atoms with van der Waals surface area (Å²) in [5.41, 5.74) is 1.41. The van der Waals surface area contributed by atoms with E-state index in [0.717, 1.165) is 16.2 Å². The van der Waals surface area contributed by atoms with Crippen LogP contribution in [0.15, 0.2) is 41.8 Å². The number of hydrogen-bond acceptors (Lipinski definition) is 8. The van der Waals surface area contributed by atoms with E-state index in [9.17, 15) is 19.2 Å². The summed E-state index contributed by atoms with van der Waals surface area (Å²) >= 11 is 2.47. The first kappa shape index (κ1) is 25.1. The van der Waals surface area contributed by atoms with Gasteiger partial charge >= 0.3 is 11.9 Å². The molecule has 0 aliphatic heterocycles. The number of anilines is 2. The van der Waals surface area contributed by atoms with Crippen molar-refractivity contribution in [2.75, 3.05) is 23.8 Å². The maximum atomic E-state index is 13.0. The van der Waals surface area contributed by atoms with Crippen LogP contribution in [0.4, 0.5) is 10.7 Å². The first-order valence-electron chi connectivity index (χ1n) is 10.5. The van der Waals surface area contributed by atoms with Crippen molar-refractivity contribution in [3.8, 4) is 0 Å². The van der Waals surface area contributed by atoms with Crippen LogP contribution in [0.1, 0.15) is 54.7 Å². The van der Waals surface area contributed by atoms with Gasteiger partial charge in [-0.05, 0) is 62.0 Å². The van der Waals surface area contributed by atoms with E-state index in [0.29, 0.717) is 16.8 Å². The maximum absolute atomic E-state index is 13.0. The van der Waals surface area contributed by atoms with Gasteiger partial charge in [0.2, 0.25) is 5.91 Å². The van der Waals surface area contributed by atoms with Crippen LogP contribution in [0, 0.1) is 6.92 Å². The third-order valence-electron chi connectivity index (χ3n) is 4.65. The minimum atomic E-state index is -0.611. The summed E-state index contributed by atoms with van der Waals surface area (Å²) < 4.78 is 10.1. The number of nitrogens with one attached hydrogen (secondary N) is 2. The lowest BCUT2D eigenvalue weighted by molar-refractivity contribution is -0.115. The number of amides is 2. The van der Waals surface area contributed by atoms with E-state index in [1.54, 1.807) is 45.0 Å². The van der Waals surface area contributed by atoms with E-state index in [4.69, 9.17) is 9.47 Å². The van der Waals surface area contributed by atoms with E-state index in [1.807, 2.05) is 17.5 Å². The molecular formula is C24H24N2O6S2. The number of carbonyl (C=O) groups excluding carboxylic acids is 4. The van der Waals surface area contributed by atoms with Gasteiger partial charge in [-0.3, -0.25) is 9.59 Å². The van der Waals surface area contributed by atoms with Crippen molar-refractivity contribution in [3.63, 3.8) is 0 Å². The summed E-state index contributed by atoms with van der Waals surface area (Å²) in [6, 6.07) is 9.98. The third-order valence-corrected chi connectivity index (χ3v) is 6.74. The lowest BCUT2D eigenvalue weighted by Gasteiger charge is -2.07. The fraction of sp³-hybridized carbons (Fsp3) is 0.250. The summed E-state index contributed by atoms with van der Waals surface area (Å²) in [5.74, 6) is -1.80. The monoisotopic (exact) mass is 500 g/mol. The molecule has 2 amide bonds. The SMILES string of the molecule is CCOC(=O)c1ccc(NC(=O)c2sc(NC(=O)Cc3cccs3)c(C(=O)OCC)c2C)cc1. The summed E-state index contributed by atoms with van der Waals surface area (Å²) in [6.45, 7) is 5.47. The topological polar surface area (TPSA) is 111 Å². The quantitative estimate of drug-likeness (QED) is 0.404. The van der Waals surface area contributed by atoms with Gasteiger partial charge in [-0.2, -0.15) is 0 Å². The first-order valence-corrected chi connectivity index (χ1v) is 12.2. The Hall–Kier alpha value is -3.50. The van der Waals surface area contributed by atoms with Crippen LogP contribution < -0.4 is 10.6 Å². The Labute approximate surface area is 204 Å². The highest BCUT2D eigenvalue weighted by molar-refractivity contribution is 7.19. The van der Waals surface area contributed by atoms with Gasteiger partial charge in [0.05, 0.1) is 35.6 Å². The zero-order chi connectivity index (χ0) is 24.7. The van der Waals surface area contributed by atoms with Crippen LogP contribution in [-0.2, 0) is 20.7 Å². The Bertz CT molecular complexity index is 1180. The van der Waals surface area contributed by atoms with E-state index < -0.39 is 17.8 Å². The van der Waals surface area contributed by atoms with Gasteiger partial charge in [0.15, 0.2) is 0 Å². The Morgan fingerprint density at radius 1 is 0.912 bits per heavy atom. The second kappa shape index (κ2) is 11.6. The molecule has 2 heterocycles. The standard InChI is InChI=1S/C24H24N2O6S2/c1-4-31-23(29)15-8-10-16(11-9-15)25-21(28)20-14(3)19(24(30)32-5-2)22(34-20)26-18(27)13-17-7-6-12-33-17/h6-12H,4-5,13H2,1-3H3,(H,25,28)(H,26,27). The predicted octanol–water partition coefficient (Wildman–Crippen LogP) is 4.90. The van der Waals surface area contributed by atoms with Gasteiger partial charge < -0.3 is 20.1 Å². The molecule has 0 radical (unpaired) electrons. The third kappa shape index (κ3) is 6.09. The van der Waals surface area contributed by atoms with Crippen LogP contribution in [0.3, 0.4) is 0 Å². The second-order valence-corrected chi connectivity index (χ2v) is 9.09. The molecule has 0 atom stereocenters. The van der Waals surface area contributed by atoms with Crippen molar-refractivity contribution >= 4 is 57.1 Å². The molecule has 178 valence electrons. The summed E-state index contributed by atoms with van der Waals surface area (Å²) in [6.07, 6.45) is 0.158. The molecule has 0 bridgehead atoms. The zero-order valence-electron chi connectivity index (χ0n) is 18.9. The molecule has 1 aromatic carbocycles. The first-order chi connectivity index (χ1) is 16.3. The number of carbonyl (C=O) groups is 4. The molecular weight excluding hydrogens is 476 g/mol. The Morgan fingerprint density at radius 3 is 2.21 bits per heavy atom. The molecule has 10 heteroatoms. The van der Waals surface area contributed by atoms with Crippen LogP contribution in [0.2, 0.25) is 0 Å². The average molecular weight is 501 g/mol. The molecule has 0 spiro atoms. The zero-order valence-corrected chi connectivity index (χ0v) is 20.6. The molecule has 2 N–H and O–H groups in total. The van der Waals surface area contributed by atoms with Crippen molar-refractivity contribution in [1.82, 2.24) is 0 Å². The van der Waals surface area contributed by atoms with Crippen molar-refractivity contribution < 1.29 is 28.7 Å². The Balaban J connectivity index is 1.82. The summed E-state index contributed by atoms with van der Waals surface area (Å²) in [7, 11) is 0. The minimum Gasteiger partial charge on any atom is -0.462 e.